The molecule has 39 heavy (non-hydrogen) atoms. The smallest absolute Gasteiger partial charge is 0.254 e. The van der Waals surface area contributed by atoms with E-state index in [9.17, 15) is 4.79 Å². The van der Waals surface area contributed by atoms with Crippen LogP contribution in [0.4, 0.5) is 0 Å². The Morgan fingerprint density at radius 2 is 1.54 bits per heavy atom. The number of hydrogen-bond donors (Lipinski definition) is 0. The molecule has 0 bridgehead atoms. The quantitative estimate of drug-likeness (QED) is 0.245. The zero-order valence-electron chi connectivity index (χ0n) is 25.0. The summed E-state index contributed by atoms with van der Waals surface area (Å²) in [5, 5.41) is 0. The average Bonchev–Trinajstić information content (AvgIpc) is 2.93. The van der Waals surface area contributed by atoms with E-state index in [0.717, 1.165) is 74.0 Å². The summed E-state index contributed by atoms with van der Waals surface area (Å²) >= 11 is 0. The molecule has 2 aliphatic rings. The number of carbonyl (C=O) groups is 1. The van der Waals surface area contributed by atoms with E-state index in [1.807, 2.05) is 31.7 Å². The fraction of sp³-hybridized carbons (Fsp3) is 0.455. The highest BCUT2D eigenvalue weighted by Gasteiger charge is 2.25. The van der Waals surface area contributed by atoms with Gasteiger partial charge in [-0.25, -0.2) is 4.99 Å². The molecule has 0 unspecified atom stereocenters. The maximum absolute atomic E-state index is 13.6. The number of amidine groups is 1. The van der Waals surface area contributed by atoms with E-state index in [-0.39, 0.29) is 5.91 Å². The second kappa shape index (κ2) is 14.1. The normalized spacial score (nSPS) is 18.2. The largest absolute Gasteiger partial charge is 0.369 e. The summed E-state index contributed by atoms with van der Waals surface area (Å²) in [6, 6.07) is 4.32. The zero-order chi connectivity index (χ0) is 28.5. The van der Waals surface area contributed by atoms with Gasteiger partial charge in [-0.1, -0.05) is 37.5 Å². The third-order valence-electron chi connectivity index (χ3n) is 7.69. The molecule has 0 N–H and O–H groups in total. The number of benzene rings is 1. The first-order chi connectivity index (χ1) is 18.7. The lowest BCUT2D eigenvalue weighted by Gasteiger charge is -2.38. The van der Waals surface area contributed by atoms with Gasteiger partial charge < -0.3 is 14.7 Å². The number of hydrogen-bond acceptors (Lipinski definition) is 4. The predicted octanol–water partition coefficient (Wildman–Crippen LogP) is 5.72. The van der Waals surface area contributed by atoms with Crippen LogP contribution in [0.3, 0.4) is 0 Å². The van der Waals surface area contributed by atoms with Crippen molar-refractivity contribution in [2.45, 2.75) is 48.1 Å². The summed E-state index contributed by atoms with van der Waals surface area (Å²) in [5.74, 6) is 0.999. The Bertz CT molecular complexity index is 1170. The van der Waals surface area contributed by atoms with Crippen molar-refractivity contribution in [2.24, 2.45) is 4.99 Å². The average molecular weight is 530 g/mol. The Labute approximate surface area is 236 Å². The number of nitrogens with zero attached hydrogens (tertiary/aromatic N) is 5. The number of rotatable bonds is 8. The number of aliphatic imine (C=N–C) groups is 1. The van der Waals surface area contributed by atoms with E-state index in [0.29, 0.717) is 13.1 Å². The summed E-state index contributed by atoms with van der Waals surface area (Å²) in [7, 11) is 0. The minimum atomic E-state index is 0.125. The van der Waals surface area contributed by atoms with Crippen molar-refractivity contribution < 1.29 is 4.79 Å². The van der Waals surface area contributed by atoms with Gasteiger partial charge in [-0.05, 0) is 82.0 Å². The molecule has 1 amide bonds. The topological polar surface area (TPSA) is 42.4 Å². The second-order valence-corrected chi connectivity index (χ2v) is 10.6. The molecule has 1 aromatic carbocycles. The molecule has 2 heterocycles. The molecule has 2 aliphatic heterocycles. The standard InChI is InChI=1S/C33H47N5O/c1-9-12-13-31(25(4)5)36-16-14-35(15-17-36)24-29-23-30(27(7)22-26(29)6)33(39)38-20-18-37(19-21-38)32(11-3)34-28(8)10-2/h9-13,22-23H,3-4,14-21,24H2,1-2,5-8H3/b12-9-,28-10-,31-13+,34-32?. The number of piperazine rings is 2. The molecule has 0 saturated carbocycles. The van der Waals surface area contributed by atoms with Gasteiger partial charge in [-0.3, -0.25) is 9.69 Å². The highest BCUT2D eigenvalue weighted by atomic mass is 16.2. The van der Waals surface area contributed by atoms with Gasteiger partial charge in [0.15, 0.2) is 0 Å². The maximum Gasteiger partial charge on any atom is 0.254 e. The molecule has 0 radical (unpaired) electrons. The van der Waals surface area contributed by atoms with Crippen LogP contribution >= 0.6 is 0 Å². The van der Waals surface area contributed by atoms with Crippen molar-refractivity contribution in [2.75, 3.05) is 52.4 Å². The number of amides is 1. The Hall–Kier alpha value is -3.38. The summed E-state index contributed by atoms with van der Waals surface area (Å²) in [6.45, 7) is 28.1. The van der Waals surface area contributed by atoms with Gasteiger partial charge in [0.2, 0.25) is 0 Å². The van der Waals surface area contributed by atoms with E-state index in [1.54, 1.807) is 6.08 Å². The van der Waals surface area contributed by atoms with E-state index >= 15 is 0 Å². The van der Waals surface area contributed by atoms with Gasteiger partial charge in [0.25, 0.3) is 5.91 Å². The fourth-order valence-electron chi connectivity index (χ4n) is 5.19. The van der Waals surface area contributed by atoms with Gasteiger partial charge in [0, 0.05) is 75.9 Å². The monoisotopic (exact) mass is 529 g/mol. The molecule has 3 rings (SSSR count). The first kappa shape index (κ1) is 30.2. The molecule has 0 spiro atoms. The number of carbonyl (C=O) groups excluding carboxylic acids is 1. The third-order valence-corrected chi connectivity index (χ3v) is 7.69. The molecule has 0 aromatic heterocycles. The molecular formula is C33H47N5O. The van der Waals surface area contributed by atoms with Gasteiger partial charge in [-0.2, -0.15) is 0 Å². The van der Waals surface area contributed by atoms with Crippen molar-refractivity contribution in [3.8, 4) is 0 Å². The molecule has 0 aliphatic carbocycles. The second-order valence-electron chi connectivity index (χ2n) is 10.6. The van der Waals surface area contributed by atoms with Crippen LogP contribution in [0, 0.1) is 13.8 Å². The van der Waals surface area contributed by atoms with E-state index in [4.69, 9.17) is 0 Å². The van der Waals surface area contributed by atoms with Crippen LogP contribution in [0.5, 0.6) is 0 Å². The molecule has 2 saturated heterocycles. The van der Waals surface area contributed by atoms with E-state index in [1.165, 1.54) is 16.8 Å². The minimum Gasteiger partial charge on any atom is -0.369 e. The fourth-order valence-corrected chi connectivity index (χ4v) is 5.19. The lowest BCUT2D eigenvalue weighted by atomic mass is 9.98. The SMILES string of the molecule is C=CC(=N/C(C)=C\C)N1CCN(C(=O)c2cc(CN3CCN(/C(=C/C=C\C)C(=C)C)CC3)c(C)cc2C)CC1. The van der Waals surface area contributed by atoms with Crippen LogP contribution in [0.25, 0.3) is 0 Å². The Morgan fingerprint density at radius 1 is 0.923 bits per heavy atom. The van der Waals surface area contributed by atoms with Crippen molar-refractivity contribution in [1.29, 1.82) is 0 Å². The lowest BCUT2D eigenvalue weighted by molar-refractivity contribution is 0.0691. The predicted molar refractivity (Wildman–Crippen MR) is 165 cm³/mol. The van der Waals surface area contributed by atoms with Crippen molar-refractivity contribution in [3.05, 3.63) is 94.9 Å². The molecule has 1 aromatic rings. The number of aryl methyl sites for hydroxylation is 2. The van der Waals surface area contributed by atoms with E-state index < -0.39 is 0 Å². The first-order valence-electron chi connectivity index (χ1n) is 14.1. The van der Waals surface area contributed by atoms with Crippen LogP contribution in [-0.4, -0.2) is 83.7 Å². The Kier molecular flexibility index (Phi) is 10.9. The zero-order valence-corrected chi connectivity index (χ0v) is 25.0. The molecular weight excluding hydrogens is 482 g/mol. The summed E-state index contributed by atoms with van der Waals surface area (Å²) in [5.41, 5.74) is 7.64. The van der Waals surface area contributed by atoms with E-state index in [2.05, 4.69) is 84.0 Å². The molecule has 6 nitrogen and oxygen atoms in total. The number of allylic oxidation sites excluding steroid dienone is 6. The third kappa shape index (κ3) is 7.82. The summed E-state index contributed by atoms with van der Waals surface area (Å²) in [6.07, 6.45) is 10.1. The van der Waals surface area contributed by atoms with Crippen LogP contribution in [0.15, 0.2) is 77.6 Å². The van der Waals surface area contributed by atoms with Crippen molar-refractivity contribution in [3.63, 3.8) is 0 Å². The maximum atomic E-state index is 13.6. The van der Waals surface area contributed by atoms with Crippen LogP contribution in [0.2, 0.25) is 0 Å². The summed E-state index contributed by atoms with van der Waals surface area (Å²) < 4.78 is 0. The Morgan fingerprint density at radius 3 is 2.10 bits per heavy atom. The van der Waals surface area contributed by atoms with Crippen LogP contribution in [0.1, 0.15) is 54.7 Å². The summed E-state index contributed by atoms with van der Waals surface area (Å²) in [4.78, 5) is 27.4. The highest BCUT2D eigenvalue weighted by molar-refractivity contribution is 5.97. The Balaban J connectivity index is 1.66. The van der Waals surface area contributed by atoms with Crippen LogP contribution < -0.4 is 0 Å². The van der Waals surface area contributed by atoms with Gasteiger partial charge in [0.05, 0.1) is 0 Å². The molecule has 2 fully saturated rings. The molecule has 6 heteroatoms. The van der Waals surface area contributed by atoms with Gasteiger partial charge >= 0.3 is 0 Å². The molecule has 0 atom stereocenters. The lowest BCUT2D eigenvalue weighted by Crippen LogP contribution is -2.50. The minimum absolute atomic E-state index is 0.125. The highest BCUT2D eigenvalue weighted by Crippen LogP contribution is 2.22. The van der Waals surface area contributed by atoms with Crippen LogP contribution in [-0.2, 0) is 6.54 Å². The van der Waals surface area contributed by atoms with Gasteiger partial charge in [-0.15, -0.1) is 0 Å². The van der Waals surface area contributed by atoms with Crippen molar-refractivity contribution >= 4 is 11.7 Å². The first-order valence-corrected chi connectivity index (χ1v) is 14.1. The molecule has 210 valence electrons. The van der Waals surface area contributed by atoms with Crippen molar-refractivity contribution in [1.82, 2.24) is 19.6 Å². The van der Waals surface area contributed by atoms with Gasteiger partial charge in [0.1, 0.15) is 5.84 Å².